The number of ether oxygens (including phenoxy) is 2. The number of aromatic hydroxyl groups is 1. The van der Waals surface area contributed by atoms with Gasteiger partial charge in [0.25, 0.3) is 0 Å². The fourth-order valence-electron chi connectivity index (χ4n) is 2.70. The molecule has 6 heteroatoms. The van der Waals surface area contributed by atoms with Gasteiger partial charge in [0.15, 0.2) is 0 Å². The van der Waals surface area contributed by atoms with E-state index in [-0.39, 0.29) is 5.75 Å². The Balaban J connectivity index is 1.77. The molecule has 0 radical (unpaired) electrons. The molecule has 0 aliphatic rings. The molecule has 0 aliphatic carbocycles. The van der Waals surface area contributed by atoms with E-state index >= 15 is 0 Å². The Labute approximate surface area is 151 Å². The molecular formula is C19H19ClN2O3. The maximum absolute atomic E-state index is 10.4. The van der Waals surface area contributed by atoms with E-state index in [2.05, 4.69) is 10.3 Å². The Morgan fingerprint density at radius 3 is 2.64 bits per heavy atom. The van der Waals surface area contributed by atoms with Gasteiger partial charge in [-0.2, -0.15) is 0 Å². The molecule has 3 aromatic rings. The molecule has 2 aromatic carbocycles. The number of hydrogen-bond donors (Lipinski definition) is 2. The summed E-state index contributed by atoms with van der Waals surface area (Å²) in [6.07, 6.45) is 1.64. The van der Waals surface area contributed by atoms with Crippen molar-refractivity contribution in [3.8, 4) is 17.2 Å². The molecule has 130 valence electrons. The molecule has 0 spiro atoms. The number of nitrogens with zero attached hydrogens (tertiary/aromatic N) is 1. The number of nitrogens with one attached hydrogen (secondary N) is 1. The van der Waals surface area contributed by atoms with E-state index in [1.807, 2.05) is 24.3 Å². The fraction of sp³-hybridized carbons (Fsp3) is 0.211. The molecule has 0 saturated carbocycles. The molecule has 0 unspecified atom stereocenters. The van der Waals surface area contributed by atoms with Gasteiger partial charge < -0.3 is 19.9 Å². The largest absolute Gasteiger partial charge is 0.505 e. The van der Waals surface area contributed by atoms with Crippen LogP contribution in [0.4, 0.5) is 0 Å². The normalized spacial score (nSPS) is 10.8. The molecule has 1 heterocycles. The summed E-state index contributed by atoms with van der Waals surface area (Å²) in [6.45, 7) is 1.03. The van der Waals surface area contributed by atoms with Crippen LogP contribution in [-0.4, -0.2) is 24.3 Å². The van der Waals surface area contributed by atoms with Crippen LogP contribution in [0.5, 0.6) is 17.2 Å². The van der Waals surface area contributed by atoms with Crippen molar-refractivity contribution >= 4 is 22.5 Å². The second kappa shape index (κ2) is 7.59. The summed E-state index contributed by atoms with van der Waals surface area (Å²) in [6, 6.07) is 11.1. The van der Waals surface area contributed by atoms with Crippen molar-refractivity contribution in [2.45, 2.75) is 13.1 Å². The van der Waals surface area contributed by atoms with Crippen molar-refractivity contribution in [1.29, 1.82) is 0 Å². The maximum atomic E-state index is 10.4. The van der Waals surface area contributed by atoms with Gasteiger partial charge in [0.05, 0.1) is 19.2 Å². The second-order valence-electron chi connectivity index (χ2n) is 5.55. The van der Waals surface area contributed by atoms with E-state index in [0.717, 1.165) is 22.4 Å². The Bertz CT molecular complexity index is 899. The topological polar surface area (TPSA) is 63.6 Å². The van der Waals surface area contributed by atoms with Gasteiger partial charge in [-0.3, -0.25) is 4.98 Å². The zero-order chi connectivity index (χ0) is 17.8. The molecule has 0 fully saturated rings. The lowest BCUT2D eigenvalue weighted by molar-refractivity contribution is 0.389. The summed E-state index contributed by atoms with van der Waals surface area (Å²) in [7, 11) is 3.24. The lowest BCUT2D eigenvalue weighted by atomic mass is 10.1. The monoisotopic (exact) mass is 358 g/mol. The summed E-state index contributed by atoms with van der Waals surface area (Å²) in [5, 5.41) is 15.0. The molecule has 25 heavy (non-hydrogen) atoms. The Morgan fingerprint density at radius 1 is 1.08 bits per heavy atom. The van der Waals surface area contributed by atoms with Crippen LogP contribution >= 0.6 is 11.6 Å². The van der Waals surface area contributed by atoms with Crippen molar-refractivity contribution in [2.75, 3.05) is 14.2 Å². The smallest absolute Gasteiger partial charge is 0.146 e. The van der Waals surface area contributed by atoms with Crippen molar-refractivity contribution in [1.82, 2.24) is 10.3 Å². The Morgan fingerprint density at radius 2 is 1.88 bits per heavy atom. The van der Waals surface area contributed by atoms with Crippen LogP contribution in [0.2, 0.25) is 5.02 Å². The van der Waals surface area contributed by atoms with E-state index in [4.69, 9.17) is 21.1 Å². The second-order valence-corrected chi connectivity index (χ2v) is 5.95. The van der Waals surface area contributed by atoms with Crippen LogP contribution < -0.4 is 14.8 Å². The number of benzene rings is 2. The third-order valence-corrected chi connectivity index (χ3v) is 4.33. The van der Waals surface area contributed by atoms with Gasteiger partial charge in [0, 0.05) is 41.9 Å². The SMILES string of the molecule is COc1ccc(CNCc2cc(Cl)c3cccnc3c2O)c(OC)c1. The molecule has 5 nitrogen and oxygen atoms in total. The highest BCUT2D eigenvalue weighted by Crippen LogP contribution is 2.33. The minimum absolute atomic E-state index is 0.147. The highest BCUT2D eigenvalue weighted by atomic mass is 35.5. The molecule has 0 amide bonds. The number of aromatic nitrogens is 1. The molecule has 1 aromatic heterocycles. The first kappa shape index (κ1) is 17.3. The number of phenolic OH excluding ortho intramolecular Hbond substituents is 1. The molecular weight excluding hydrogens is 340 g/mol. The van der Waals surface area contributed by atoms with Crippen LogP contribution in [0.15, 0.2) is 42.6 Å². The average Bonchev–Trinajstić information content (AvgIpc) is 2.65. The predicted molar refractivity (Wildman–Crippen MR) is 98.5 cm³/mol. The molecule has 0 saturated heterocycles. The molecule has 0 aliphatic heterocycles. The van der Waals surface area contributed by atoms with E-state index in [1.165, 1.54) is 0 Å². The summed E-state index contributed by atoms with van der Waals surface area (Å²) < 4.78 is 10.6. The van der Waals surface area contributed by atoms with Crippen LogP contribution in [0.3, 0.4) is 0 Å². The zero-order valence-corrected chi connectivity index (χ0v) is 14.8. The van der Waals surface area contributed by atoms with Gasteiger partial charge in [-0.25, -0.2) is 0 Å². The number of rotatable bonds is 6. The number of methoxy groups -OCH3 is 2. The minimum Gasteiger partial charge on any atom is -0.505 e. The minimum atomic E-state index is 0.147. The lowest BCUT2D eigenvalue weighted by Gasteiger charge is -2.13. The quantitative estimate of drug-likeness (QED) is 0.699. The molecule has 0 atom stereocenters. The number of hydrogen-bond acceptors (Lipinski definition) is 5. The number of halogens is 1. The maximum Gasteiger partial charge on any atom is 0.146 e. The Kier molecular flexibility index (Phi) is 5.26. The molecule has 0 bridgehead atoms. The number of pyridine rings is 1. The lowest BCUT2D eigenvalue weighted by Crippen LogP contribution is -2.13. The van der Waals surface area contributed by atoms with E-state index in [0.29, 0.717) is 29.2 Å². The summed E-state index contributed by atoms with van der Waals surface area (Å²) in [4.78, 5) is 4.22. The first-order valence-corrected chi connectivity index (χ1v) is 8.18. The summed E-state index contributed by atoms with van der Waals surface area (Å²) in [5.41, 5.74) is 2.20. The van der Waals surface area contributed by atoms with Crippen LogP contribution in [0, 0.1) is 0 Å². The predicted octanol–water partition coefficient (Wildman–Crippen LogP) is 3.90. The van der Waals surface area contributed by atoms with Gasteiger partial charge in [0.1, 0.15) is 22.8 Å². The van der Waals surface area contributed by atoms with Crippen molar-refractivity contribution < 1.29 is 14.6 Å². The van der Waals surface area contributed by atoms with Crippen LogP contribution in [-0.2, 0) is 13.1 Å². The average molecular weight is 359 g/mol. The van der Waals surface area contributed by atoms with Crippen molar-refractivity contribution in [3.05, 3.63) is 58.7 Å². The van der Waals surface area contributed by atoms with E-state index in [9.17, 15) is 5.11 Å². The van der Waals surface area contributed by atoms with Gasteiger partial charge in [0.2, 0.25) is 0 Å². The summed E-state index contributed by atoms with van der Waals surface area (Å²) >= 11 is 6.30. The van der Waals surface area contributed by atoms with E-state index < -0.39 is 0 Å². The molecule has 2 N–H and O–H groups in total. The van der Waals surface area contributed by atoms with Crippen molar-refractivity contribution in [3.63, 3.8) is 0 Å². The van der Waals surface area contributed by atoms with Crippen LogP contribution in [0.1, 0.15) is 11.1 Å². The summed E-state index contributed by atoms with van der Waals surface area (Å²) in [5.74, 6) is 1.63. The third-order valence-electron chi connectivity index (χ3n) is 4.02. The zero-order valence-electron chi connectivity index (χ0n) is 14.0. The van der Waals surface area contributed by atoms with Gasteiger partial charge in [-0.15, -0.1) is 0 Å². The Hall–Kier alpha value is -2.50. The highest BCUT2D eigenvalue weighted by molar-refractivity contribution is 6.35. The van der Waals surface area contributed by atoms with E-state index in [1.54, 1.807) is 32.5 Å². The highest BCUT2D eigenvalue weighted by Gasteiger charge is 2.11. The van der Waals surface area contributed by atoms with Gasteiger partial charge in [-0.05, 0) is 24.3 Å². The molecule has 3 rings (SSSR count). The van der Waals surface area contributed by atoms with Crippen LogP contribution in [0.25, 0.3) is 10.9 Å². The van der Waals surface area contributed by atoms with Gasteiger partial charge >= 0.3 is 0 Å². The third kappa shape index (κ3) is 3.62. The number of fused-ring (bicyclic) bond motifs is 1. The first-order chi connectivity index (χ1) is 12.1. The van der Waals surface area contributed by atoms with Crippen molar-refractivity contribution in [2.24, 2.45) is 0 Å². The standard InChI is InChI=1S/C19H19ClN2O3/c1-24-14-6-5-12(17(9-14)25-2)10-21-11-13-8-16(20)15-4-3-7-22-18(15)19(13)23/h3-9,21,23H,10-11H2,1-2H3. The number of phenols is 1. The first-order valence-electron chi connectivity index (χ1n) is 7.80. The van der Waals surface area contributed by atoms with Gasteiger partial charge in [-0.1, -0.05) is 17.7 Å². The fourth-order valence-corrected chi connectivity index (χ4v) is 2.99.